The third kappa shape index (κ3) is 5.03. The molecule has 0 aliphatic carbocycles. The first kappa shape index (κ1) is 17.9. The number of aliphatic hydroxyl groups is 1. The van der Waals surface area contributed by atoms with Gasteiger partial charge in [-0.2, -0.15) is 0 Å². The second-order valence-electron chi connectivity index (χ2n) is 5.59. The first-order valence-corrected chi connectivity index (χ1v) is 7.51. The van der Waals surface area contributed by atoms with Crippen molar-refractivity contribution in [2.45, 2.75) is 18.9 Å². The summed E-state index contributed by atoms with van der Waals surface area (Å²) >= 11 is 0. The van der Waals surface area contributed by atoms with Gasteiger partial charge in [0.1, 0.15) is 23.0 Å². The van der Waals surface area contributed by atoms with Crippen LogP contribution >= 0.6 is 0 Å². The number of halogens is 2. The molecule has 1 amide bonds. The normalized spacial score (nSPS) is 13.2. The minimum absolute atomic E-state index is 0.0789. The van der Waals surface area contributed by atoms with E-state index < -0.39 is 17.2 Å². The lowest BCUT2D eigenvalue weighted by molar-refractivity contribution is -0.122. The lowest BCUT2D eigenvalue weighted by atomic mass is 9.95. The highest BCUT2D eigenvalue weighted by atomic mass is 19.1. The number of hydrogen-bond acceptors (Lipinski definition) is 3. The maximum atomic E-state index is 13.7. The van der Waals surface area contributed by atoms with Gasteiger partial charge in [-0.1, -0.05) is 24.3 Å². The van der Waals surface area contributed by atoms with Gasteiger partial charge in [0.25, 0.3) is 0 Å². The van der Waals surface area contributed by atoms with Crippen LogP contribution in [0.25, 0.3) is 0 Å². The molecule has 0 bridgehead atoms. The van der Waals surface area contributed by atoms with Crippen molar-refractivity contribution >= 4 is 5.91 Å². The van der Waals surface area contributed by atoms with Crippen molar-refractivity contribution < 1.29 is 23.4 Å². The summed E-state index contributed by atoms with van der Waals surface area (Å²) in [4.78, 5) is 11.8. The minimum atomic E-state index is -1.65. The predicted molar refractivity (Wildman–Crippen MR) is 85.5 cm³/mol. The molecule has 24 heavy (non-hydrogen) atoms. The number of para-hydroxylation sites is 1. The Labute approximate surface area is 139 Å². The van der Waals surface area contributed by atoms with Crippen molar-refractivity contribution in [2.24, 2.45) is 0 Å². The number of ether oxygens (including phenoxy) is 1. The highest BCUT2D eigenvalue weighted by molar-refractivity contribution is 5.76. The van der Waals surface area contributed by atoms with Gasteiger partial charge in [-0.15, -0.1) is 0 Å². The molecule has 128 valence electrons. The fourth-order valence-corrected chi connectivity index (χ4v) is 2.16. The number of carbonyl (C=O) groups is 1. The zero-order chi connectivity index (χ0) is 17.6. The van der Waals surface area contributed by atoms with E-state index in [1.54, 1.807) is 12.1 Å². The van der Waals surface area contributed by atoms with E-state index in [9.17, 15) is 18.7 Å². The van der Waals surface area contributed by atoms with Crippen LogP contribution in [0.1, 0.15) is 18.9 Å². The summed E-state index contributed by atoms with van der Waals surface area (Å²) in [6, 6.07) is 12.0. The number of amides is 1. The third-order valence-corrected chi connectivity index (χ3v) is 3.48. The molecule has 6 heteroatoms. The van der Waals surface area contributed by atoms with E-state index in [1.807, 2.05) is 18.2 Å². The Morgan fingerprint density at radius 2 is 1.92 bits per heavy atom. The summed E-state index contributed by atoms with van der Waals surface area (Å²) in [5, 5.41) is 12.8. The minimum Gasteiger partial charge on any atom is -0.493 e. The van der Waals surface area contributed by atoms with Gasteiger partial charge in [0, 0.05) is 11.6 Å². The van der Waals surface area contributed by atoms with Gasteiger partial charge in [-0.05, 0) is 25.1 Å². The fraction of sp³-hybridized carbons (Fsp3) is 0.278. The zero-order valence-corrected chi connectivity index (χ0v) is 13.3. The summed E-state index contributed by atoms with van der Waals surface area (Å²) in [6.45, 7) is 1.34. The molecule has 0 radical (unpaired) electrons. The quantitative estimate of drug-likeness (QED) is 0.818. The van der Waals surface area contributed by atoms with E-state index in [0.717, 1.165) is 12.1 Å². The molecular formula is C18H19F2NO3. The SMILES string of the molecule is CC(O)(CNC(=O)CCOc1ccccc1)c1ccc(F)cc1F. The van der Waals surface area contributed by atoms with Crippen molar-refractivity contribution in [3.63, 3.8) is 0 Å². The van der Waals surface area contributed by atoms with Gasteiger partial charge in [0.15, 0.2) is 0 Å². The Hall–Kier alpha value is -2.47. The van der Waals surface area contributed by atoms with Gasteiger partial charge >= 0.3 is 0 Å². The van der Waals surface area contributed by atoms with Crippen LogP contribution in [-0.2, 0) is 10.4 Å². The number of nitrogens with one attached hydrogen (secondary N) is 1. The molecule has 1 unspecified atom stereocenters. The molecule has 0 saturated carbocycles. The monoisotopic (exact) mass is 335 g/mol. The van der Waals surface area contributed by atoms with Crippen molar-refractivity contribution in [3.05, 3.63) is 65.7 Å². The van der Waals surface area contributed by atoms with Gasteiger partial charge in [0.2, 0.25) is 5.91 Å². The molecule has 0 spiro atoms. The number of benzene rings is 2. The molecule has 0 aliphatic rings. The average molecular weight is 335 g/mol. The Kier molecular flexibility index (Phi) is 5.87. The first-order chi connectivity index (χ1) is 11.4. The maximum absolute atomic E-state index is 13.7. The van der Waals surface area contributed by atoms with Gasteiger partial charge in [-0.25, -0.2) is 8.78 Å². The summed E-state index contributed by atoms with van der Waals surface area (Å²) < 4.78 is 32.1. The fourth-order valence-electron chi connectivity index (χ4n) is 2.16. The van der Waals surface area contributed by atoms with Crippen molar-refractivity contribution in [1.29, 1.82) is 0 Å². The Bertz CT molecular complexity index is 690. The van der Waals surface area contributed by atoms with E-state index in [1.165, 1.54) is 6.92 Å². The molecule has 0 fully saturated rings. The van der Waals surface area contributed by atoms with Crippen LogP contribution in [0.5, 0.6) is 5.75 Å². The molecule has 0 aliphatic heterocycles. The smallest absolute Gasteiger partial charge is 0.223 e. The average Bonchev–Trinajstić information content (AvgIpc) is 2.54. The molecule has 0 heterocycles. The van der Waals surface area contributed by atoms with E-state index in [2.05, 4.69) is 5.32 Å². The molecule has 1 atom stereocenters. The van der Waals surface area contributed by atoms with Crippen LogP contribution < -0.4 is 10.1 Å². The lowest BCUT2D eigenvalue weighted by Gasteiger charge is -2.24. The Morgan fingerprint density at radius 3 is 2.58 bits per heavy atom. The first-order valence-electron chi connectivity index (χ1n) is 7.51. The van der Waals surface area contributed by atoms with Crippen LogP contribution in [0.2, 0.25) is 0 Å². The number of carbonyl (C=O) groups excluding carboxylic acids is 1. The number of hydrogen-bond donors (Lipinski definition) is 2. The summed E-state index contributed by atoms with van der Waals surface area (Å²) in [7, 11) is 0. The third-order valence-electron chi connectivity index (χ3n) is 3.48. The van der Waals surface area contributed by atoms with Crippen LogP contribution in [0, 0.1) is 11.6 Å². The van der Waals surface area contributed by atoms with Crippen molar-refractivity contribution in [2.75, 3.05) is 13.2 Å². The van der Waals surface area contributed by atoms with Crippen molar-refractivity contribution in [3.8, 4) is 5.75 Å². The topological polar surface area (TPSA) is 58.6 Å². The second kappa shape index (κ2) is 7.88. The second-order valence-corrected chi connectivity index (χ2v) is 5.59. The van der Waals surface area contributed by atoms with E-state index >= 15 is 0 Å². The van der Waals surface area contributed by atoms with E-state index in [4.69, 9.17) is 4.74 Å². The lowest BCUT2D eigenvalue weighted by Crippen LogP contribution is -2.39. The summed E-state index contributed by atoms with van der Waals surface area (Å²) in [6.07, 6.45) is 0.0941. The van der Waals surface area contributed by atoms with Crippen molar-refractivity contribution in [1.82, 2.24) is 5.32 Å². The Morgan fingerprint density at radius 1 is 1.21 bits per heavy atom. The predicted octanol–water partition coefficient (Wildman–Crippen LogP) is 2.76. The zero-order valence-electron chi connectivity index (χ0n) is 13.3. The molecular weight excluding hydrogens is 316 g/mol. The molecule has 0 aromatic heterocycles. The highest BCUT2D eigenvalue weighted by Gasteiger charge is 2.27. The van der Waals surface area contributed by atoms with Gasteiger partial charge in [0.05, 0.1) is 19.6 Å². The van der Waals surface area contributed by atoms with Crippen LogP contribution in [0.4, 0.5) is 8.78 Å². The molecule has 2 aromatic rings. The largest absolute Gasteiger partial charge is 0.493 e. The Balaban J connectivity index is 1.81. The molecule has 4 nitrogen and oxygen atoms in total. The highest BCUT2D eigenvalue weighted by Crippen LogP contribution is 2.23. The van der Waals surface area contributed by atoms with Gasteiger partial charge in [-0.3, -0.25) is 4.79 Å². The molecule has 0 saturated heterocycles. The van der Waals surface area contributed by atoms with E-state index in [0.29, 0.717) is 11.8 Å². The van der Waals surface area contributed by atoms with E-state index in [-0.39, 0.29) is 31.0 Å². The summed E-state index contributed by atoms with van der Waals surface area (Å²) in [5.74, 6) is -1.27. The maximum Gasteiger partial charge on any atom is 0.223 e. The van der Waals surface area contributed by atoms with Crippen LogP contribution in [0.3, 0.4) is 0 Å². The molecule has 2 N–H and O–H groups in total. The standard InChI is InChI=1S/C18H19F2NO3/c1-18(23,15-8-7-13(19)11-16(15)20)12-21-17(22)9-10-24-14-5-3-2-4-6-14/h2-8,11,23H,9-10,12H2,1H3,(H,21,22). The molecule has 2 rings (SSSR count). The van der Waals surface area contributed by atoms with Gasteiger partial charge < -0.3 is 15.2 Å². The number of rotatable bonds is 7. The molecule has 2 aromatic carbocycles. The van der Waals surface area contributed by atoms with Crippen LogP contribution in [0.15, 0.2) is 48.5 Å². The van der Waals surface area contributed by atoms with Crippen LogP contribution in [-0.4, -0.2) is 24.2 Å². The summed E-state index contributed by atoms with van der Waals surface area (Å²) in [5.41, 5.74) is -1.72.